The van der Waals surface area contributed by atoms with E-state index < -0.39 is 44.0 Å². The summed E-state index contributed by atoms with van der Waals surface area (Å²) in [5.41, 5.74) is 0. The van der Waals surface area contributed by atoms with Crippen molar-refractivity contribution in [1.29, 1.82) is 0 Å². The second kappa shape index (κ2) is 25.7. The number of carbonyl (C=O) groups is 2. The van der Waals surface area contributed by atoms with Crippen LogP contribution in [0.1, 0.15) is 103 Å². The van der Waals surface area contributed by atoms with Gasteiger partial charge in [0.15, 0.2) is 0 Å². The lowest BCUT2D eigenvalue weighted by Crippen LogP contribution is -2.32. The smallest absolute Gasteiger partial charge is 0.307 e. The van der Waals surface area contributed by atoms with Gasteiger partial charge in [0, 0.05) is 51.1 Å². The number of aromatic nitrogens is 4. The van der Waals surface area contributed by atoms with Crippen LogP contribution in [0.15, 0.2) is 37.4 Å². The fourth-order valence-corrected chi connectivity index (χ4v) is 9.57. The van der Waals surface area contributed by atoms with E-state index in [1.165, 1.54) is 38.5 Å². The van der Waals surface area contributed by atoms with Gasteiger partial charge in [0.1, 0.15) is 0 Å². The van der Waals surface area contributed by atoms with Crippen molar-refractivity contribution >= 4 is 32.2 Å². The zero-order valence-corrected chi connectivity index (χ0v) is 35.9. The van der Waals surface area contributed by atoms with Crippen molar-refractivity contribution in [3.63, 3.8) is 0 Å². The Balaban J connectivity index is 0.000000213. The Morgan fingerprint density at radius 3 is 1.14 bits per heavy atom. The van der Waals surface area contributed by atoms with Crippen LogP contribution in [-0.4, -0.2) is 107 Å². The van der Waals surface area contributed by atoms with Crippen molar-refractivity contribution in [2.45, 2.75) is 116 Å². The van der Waals surface area contributed by atoms with Crippen LogP contribution in [-0.2, 0) is 51.3 Å². The van der Waals surface area contributed by atoms with Crippen LogP contribution < -0.4 is 0 Å². The summed E-state index contributed by atoms with van der Waals surface area (Å²) in [7, 11) is -6.90. The van der Waals surface area contributed by atoms with E-state index in [2.05, 4.69) is 31.5 Å². The standard InChI is InChI=1S/C14H20N4.C10H20O6S2.C8H12O4.C8H16O2/c1-2-4-14(10-18-8-6-16-12-18)13(3-1)9-17-7-5-15-11-17;1-17(11,12)15-7-9-5-3-4-6-10(9)8-16-18(2,13)14;9-7(10)5-3-1-2-4-6(5)8(11)12;9-5-7-3-1-2-4-8(7)6-10/h5-8,11-14H,1-4,9-10H2;9-10H,3-8H2,1-2H3;5-6H,1-4H2,(H,9,10)(H,11,12);7-10H,1-6H2/t13-,14+;9-,10+;5-,6+;7-,8+. The third-order valence-electron chi connectivity index (χ3n) is 12.1. The highest BCUT2D eigenvalue weighted by atomic mass is 32.2. The number of carboxylic acid groups (broad SMARTS) is 2. The van der Waals surface area contributed by atoms with Gasteiger partial charge in [-0.2, -0.15) is 16.8 Å². The number of hydrogen-bond acceptors (Lipinski definition) is 12. The van der Waals surface area contributed by atoms with E-state index in [0.717, 1.165) is 88.8 Å². The fourth-order valence-electron chi connectivity index (χ4n) is 8.73. The molecule has 0 bridgehead atoms. The third kappa shape index (κ3) is 19.0. The van der Waals surface area contributed by atoms with E-state index in [0.29, 0.717) is 24.7 Å². The molecule has 4 fully saturated rings. The monoisotopic (exact) mass is 860 g/mol. The number of imidazole rings is 2. The molecule has 2 aromatic heterocycles. The minimum atomic E-state index is -3.45. The zero-order valence-electron chi connectivity index (χ0n) is 34.3. The van der Waals surface area contributed by atoms with Gasteiger partial charge in [0.25, 0.3) is 20.2 Å². The van der Waals surface area contributed by atoms with Gasteiger partial charge >= 0.3 is 11.9 Å². The van der Waals surface area contributed by atoms with E-state index in [4.69, 9.17) is 28.8 Å². The number of aliphatic hydroxyl groups is 2. The largest absolute Gasteiger partial charge is 0.481 e. The molecule has 8 atom stereocenters. The number of aliphatic carboxylic acids is 2. The summed E-state index contributed by atoms with van der Waals surface area (Å²) in [5.74, 6) is -0.912. The van der Waals surface area contributed by atoms with E-state index in [-0.39, 0.29) is 38.3 Å². The van der Waals surface area contributed by atoms with Crippen molar-refractivity contribution in [3.05, 3.63) is 37.4 Å². The molecule has 332 valence electrons. The average molecular weight is 861 g/mol. The molecule has 4 aliphatic rings. The number of aliphatic hydroxyl groups excluding tert-OH is 2. The lowest BCUT2D eigenvalue weighted by molar-refractivity contribution is -0.155. The Morgan fingerprint density at radius 1 is 0.552 bits per heavy atom. The molecular weight excluding hydrogens is 793 g/mol. The Hall–Kier alpha value is -2.90. The molecule has 0 amide bonds. The Bertz CT molecular complexity index is 1540. The van der Waals surface area contributed by atoms with Crippen LogP contribution >= 0.6 is 0 Å². The predicted molar refractivity (Wildman–Crippen MR) is 217 cm³/mol. The SMILES string of the molecule is CS(=O)(=O)OC[C@H]1CCCC[C@H]1COS(C)(=O)=O.O=C(O)[C@H]1CCCC[C@H]1C(=O)O.OC[C@@H]1CCCC[C@@H]1CO.c1cn(C[C@H]2CCCC[C@H]2Cn2ccnc2)cn1. The highest BCUT2D eigenvalue weighted by Gasteiger charge is 2.35. The summed E-state index contributed by atoms with van der Waals surface area (Å²) in [6.07, 6.45) is 30.2. The molecule has 0 spiro atoms. The van der Waals surface area contributed by atoms with E-state index in [1.807, 2.05) is 25.0 Å². The third-order valence-corrected chi connectivity index (χ3v) is 13.2. The molecule has 4 N–H and O–H groups in total. The summed E-state index contributed by atoms with van der Waals surface area (Å²) >= 11 is 0. The van der Waals surface area contributed by atoms with Crippen LogP contribution in [0.3, 0.4) is 0 Å². The highest BCUT2D eigenvalue weighted by Crippen LogP contribution is 2.34. The van der Waals surface area contributed by atoms with Gasteiger partial charge < -0.3 is 29.6 Å². The lowest BCUT2D eigenvalue weighted by Gasteiger charge is -2.32. The van der Waals surface area contributed by atoms with Crippen LogP contribution in [0.25, 0.3) is 0 Å². The molecule has 0 aromatic carbocycles. The van der Waals surface area contributed by atoms with Gasteiger partial charge in [-0.15, -0.1) is 0 Å². The topological polar surface area (TPSA) is 237 Å². The van der Waals surface area contributed by atoms with Gasteiger partial charge in [-0.3, -0.25) is 18.0 Å². The summed E-state index contributed by atoms with van der Waals surface area (Å²) in [4.78, 5) is 29.5. The first kappa shape index (κ1) is 49.5. The summed E-state index contributed by atoms with van der Waals surface area (Å²) < 4.78 is 57.8. The molecule has 58 heavy (non-hydrogen) atoms. The van der Waals surface area contributed by atoms with E-state index in [9.17, 15) is 26.4 Å². The first-order valence-corrected chi connectivity index (χ1v) is 24.5. The van der Waals surface area contributed by atoms with Gasteiger partial charge in [0.05, 0.1) is 50.2 Å². The molecule has 0 unspecified atom stereocenters. The predicted octanol–water partition coefficient (Wildman–Crippen LogP) is 5.07. The fraction of sp³-hybridized carbons (Fsp3) is 0.800. The second-order valence-electron chi connectivity index (χ2n) is 16.4. The molecule has 4 aliphatic carbocycles. The number of nitrogens with zero attached hydrogens (tertiary/aromatic N) is 4. The molecule has 2 heterocycles. The van der Waals surface area contributed by atoms with Crippen molar-refractivity contribution in [1.82, 2.24) is 19.1 Å². The molecule has 18 heteroatoms. The first-order valence-electron chi connectivity index (χ1n) is 20.9. The molecule has 2 aromatic rings. The number of carboxylic acids is 2. The van der Waals surface area contributed by atoms with E-state index in [1.54, 1.807) is 0 Å². The minimum Gasteiger partial charge on any atom is -0.481 e. The van der Waals surface area contributed by atoms with Crippen LogP contribution in [0.5, 0.6) is 0 Å². The normalized spacial score (nSPS) is 27.7. The van der Waals surface area contributed by atoms with Gasteiger partial charge in [-0.1, -0.05) is 51.4 Å². The average Bonchev–Trinajstić information content (AvgIpc) is 3.92. The molecule has 0 radical (unpaired) electrons. The Morgan fingerprint density at radius 2 is 0.862 bits per heavy atom. The maximum Gasteiger partial charge on any atom is 0.307 e. The first-order chi connectivity index (χ1) is 27.6. The lowest BCUT2D eigenvalue weighted by atomic mass is 9.79. The molecule has 0 aliphatic heterocycles. The molecule has 6 rings (SSSR count). The maximum absolute atomic E-state index is 10.9. The minimum absolute atomic E-state index is 0.0372. The quantitative estimate of drug-likeness (QED) is 0.182. The summed E-state index contributed by atoms with van der Waals surface area (Å²) in [5, 5.41) is 35.2. The van der Waals surface area contributed by atoms with Gasteiger partial charge in [-0.25, -0.2) is 9.97 Å². The highest BCUT2D eigenvalue weighted by molar-refractivity contribution is 7.86. The Kier molecular flexibility index (Phi) is 21.9. The number of hydrogen-bond donors (Lipinski definition) is 4. The zero-order chi connectivity index (χ0) is 42.6. The molecular formula is C40H68N4O12S2. The van der Waals surface area contributed by atoms with Crippen molar-refractivity contribution < 1.29 is 55.2 Å². The molecule has 4 saturated carbocycles. The van der Waals surface area contributed by atoms with Crippen molar-refractivity contribution in [2.75, 3.05) is 38.9 Å². The molecule has 0 saturated heterocycles. The van der Waals surface area contributed by atoms with Crippen LogP contribution in [0.4, 0.5) is 0 Å². The van der Waals surface area contributed by atoms with Crippen LogP contribution in [0.2, 0.25) is 0 Å². The van der Waals surface area contributed by atoms with E-state index >= 15 is 0 Å². The Labute approximate surface area is 345 Å². The molecule has 16 nitrogen and oxygen atoms in total. The number of rotatable bonds is 14. The van der Waals surface area contributed by atoms with Crippen LogP contribution in [0, 0.1) is 47.3 Å². The van der Waals surface area contributed by atoms with Gasteiger partial charge in [0.2, 0.25) is 0 Å². The summed E-state index contributed by atoms with van der Waals surface area (Å²) in [6, 6.07) is 0. The van der Waals surface area contributed by atoms with Crippen molar-refractivity contribution in [3.8, 4) is 0 Å². The van der Waals surface area contributed by atoms with Crippen molar-refractivity contribution in [2.24, 2.45) is 47.3 Å². The second-order valence-corrected chi connectivity index (χ2v) is 19.7. The summed E-state index contributed by atoms with van der Waals surface area (Å²) in [6.45, 7) is 2.95. The maximum atomic E-state index is 10.9. The van der Waals surface area contributed by atoms with Gasteiger partial charge in [-0.05, 0) is 86.9 Å².